The van der Waals surface area contributed by atoms with Crippen molar-refractivity contribution in [1.82, 2.24) is 14.3 Å². The van der Waals surface area contributed by atoms with Gasteiger partial charge in [-0.25, -0.2) is 4.79 Å². The monoisotopic (exact) mass is 207 g/mol. The maximum Gasteiger partial charge on any atom is 0.339 e. The SMILES string of the molecule is Cn1cc(C(=O)O)c2c(cnn2C)c1=O. The average molecular weight is 207 g/mol. The fourth-order valence-electron chi connectivity index (χ4n) is 1.57. The molecule has 0 amide bonds. The van der Waals surface area contributed by atoms with Crippen molar-refractivity contribution < 1.29 is 9.90 Å². The van der Waals surface area contributed by atoms with Gasteiger partial charge >= 0.3 is 5.97 Å². The van der Waals surface area contributed by atoms with E-state index in [1.165, 1.54) is 28.7 Å². The number of carboxylic acid groups (broad SMARTS) is 1. The van der Waals surface area contributed by atoms with Crippen LogP contribution >= 0.6 is 0 Å². The minimum Gasteiger partial charge on any atom is -0.478 e. The molecule has 2 aromatic rings. The third-order valence-electron chi connectivity index (χ3n) is 2.30. The predicted octanol–water partition coefficient (Wildman–Crippen LogP) is -0.0298. The summed E-state index contributed by atoms with van der Waals surface area (Å²) in [6, 6.07) is 0. The highest BCUT2D eigenvalue weighted by Crippen LogP contribution is 2.13. The molecule has 2 aromatic heterocycles. The Labute approximate surface area is 84.4 Å². The normalized spacial score (nSPS) is 10.8. The molecule has 2 rings (SSSR count). The van der Waals surface area contributed by atoms with E-state index in [9.17, 15) is 9.59 Å². The van der Waals surface area contributed by atoms with Gasteiger partial charge < -0.3 is 9.67 Å². The van der Waals surface area contributed by atoms with E-state index in [0.29, 0.717) is 10.9 Å². The molecular weight excluding hydrogens is 198 g/mol. The van der Waals surface area contributed by atoms with E-state index < -0.39 is 5.97 Å². The van der Waals surface area contributed by atoms with E-state index >= 15 is 0 Å². The molecule has 0 aliphatic rings. The Morgan fingerprint density at radius 2 is 2.13 bits per heavy atom. The molecule has 0 radical (unpaired) electrons. The van der Waals surface area contributed by atoms with Crippen molar-refractivity contribution in [3.8, 4) is 0 Å². The standard InChI is InChI=1S/C9H9N3O3/c1-11-4-6(9(14)15)7-5(8(11)13)3-10-12(7)2/h3-4H,1-2H3,(H,14,15). The summed E-state index contributed by atoms with van der Waals surface area (Å²) < 4.78 is 2.63. The number of carboxylic acids is 1. The summed E-state index contributed by atoms with van der Waals surface area (Å²) in [6.07, 6.45) is 2.68. The van der Waals surface area contributed by atoms with Gasteiger partial charge in [-0.05, 0) is 0 Å². The zero-order valence-electron chi connectivity index (χ0n) is 8.26. The van der Waals surface area contributed by atoms with Gasteiger partial charge in [0, 0.05) is 20.3 Å². The smallest absolute Gasteiger partial charge is 0.339 e. The van der Waals surface area contributed by atoms with Crippen LogP contribution in [0.3, 0.4) is 0 Å². The molecule has 2 heterocycles. The number of fused-ring (bicyclic) bond motifs is 1. The molecule has 0 aliphatic heterocycles. The van der Waals surface area contributed by atoms with Crippen LogP contribution in [0.15, 0.2) is 17.2 Å². The first kappa shape index (κ1) is 9.45. The molecule has 0 aromatic carbocycles. The Morgan fingerprint density at radius 3 is 2.73 bits per heavy atom. The van der Waals surface area contributed by atoms with Crippen LogP contribution in [0.25, 0.3) is 10.9 Å². The van der Waals surface area contributed by atoms with Gasteiger partial charge in [0.25, 0.3) is 5.56 Å². The lowest BCUT2D eigenvalue weighted by molar-refractivity contribution is 0.0697. The predicted molar refractivity (Wildman–Crippen MR) is 52.9 cm³/mol. The Morgan fingerprint density at radius 1 is 1.47 bits per heavy atom. The van der Waals surface area contributed by atoms with Crippen LogP contribution in [0.1, 0.15) is 10.4 Å². The van der Waals surface area contributed by atoms with E-state index in [2.05, 4.69) is 5.10 Å². The second-order valence-electron chi connectivity index (χ2n) is 3.29. The van der Waals surface area contributed by atoms with E-state index in [0.717, 1.165) is 0 Å². The molecule has 0 saturated carbocycles. The zero-order valence-corrected chi connectivity index (χ0v) is 8.26. The van der Waals surface area contributed by atoms with Gasteiger partial charge in [-0.15, -0.1) is 0 Å². The molecule has 78 valence electrons. The number of rotatable bonds is 1. The van der Waals surface area contributed by atoms with Gasteiger partial charge in [-0.3, -0.25) is 9.48 Å². The molecule has 0 bridgehead atoms. The average Bonchev–Trinajstić information content (AvgIpc) is 2.54. The largest absolute Gasteiger partial charge is 0.478 e. The Hall–Kier alpha value is -2.11. The van der Waals surface area contributed by atoms with E-state index in [-0.39, 0.29) is 11.1 Å². The van der Waals surface area contributed by atoms with Crippen molar-refractivity contribution in [3.63, 3.8) is 0 Å². The number of aromatic nitrogens is 3. The van der Waals surface area contributed by atoms with Gasteiger partial charge in [0.1, 0.15) is 5.56 Å². The van der Waals surface area contributed by atoms with Crippen LogP contribution in [0, 0.1) is 0 Å². The highest BCUT2D eigenvalue weighted by atomic mass is 16.4. The van der Waals surface area contributed by atoms with Crippen LogP contribution in [-0.4, -0.2) is 25.4 Å². The fraction of sp³-hybridized carbons (Fsp3) is 0.222. The quantitative estimate of drug-likeness (QED) is 0.712. The van der Waals surface area contributed by atoms with Crippen LogP contribution < -0.4 is 5.56 Å². The fourth-order valence-corrected chi connectivity index (χ4v) is 1.57. The maximum absolute atomic E-state index is 11.6. The highest BCUT2D eigenvalue weighted by Gasteiger charge is 2.15. The van der Waals surface area contributed by atoms with Crippen molar-refractivity contribution >= 4 is 16.9 Å². The number of aromatic carboxylic acids is 1. The van der Waals surface area contributed by atoms with Crippen LogP contribution in [0.4, 0.5) is 0 Å². The Bertz CT molecular complexity index is 609. The Balaban J connectivity index is 3.04. The highest BCUT2D eigenvalue weighted by molar-refractivity contribution is 6.01. The van der Waals surface area contributed by atoms with Crippen molar-refractivity contribution in [2.75, 3.05) is 0 Å². The van der Waals surface area contributed by atoms with Gasteiger partial charge in [0.2, 0.25) is 0 Å². The third kappa shape index (κ3) is 1.22. The summed E-state index contributed by atoms with van der Waals surface area (Å²) in [5.41, 5.74) is 0.181. The van der Waals surface area contributed by atoms with E-state index in [1.807, 2.05) is 0 Å². The van der Waals surface area contributed by atoms with Crippen LogP contribution in [-0.2, 0) is 14.1 Å². The molecule has 0 saturated heterocycles. The second-order valence-corrected chi connectivity index (χ2v) is 3.29. The summed E-state index contributed by atoms with van der Waals surface area (Å²) in [5.74, 6) is -1.07. The van der Waals surface area contributed by atoms with Crippen LogP contribution in [0.5, 0.6) is 0 Å². The minimum absolute atomic E-state index is 0.0760. The number of pyridine rings is 1. The lowest BCUT2D eigenvalue weighted by atomic mass is 10.2. The van der Waals surface area contributed by atoms with Crippen molar-refractivity contribution in [2.24, 2.45) is 14.1 Å². The van der Waals surface area contributed by atoms with Gasteiger partial charge in [0.05, 0.1) is 17.1 Å². The molecule has 0 aliphatic carbocycles. The zero-order chi connectivity index (χ0) is 11.2. The summed E-state index contributed by atoms with van der Waals surface area (Å²) in [5, 5.41) is 13.2. The maximum atomic E-state index is 11.6. The first-order chi connectivity index (χ1) is 7.02. The molecule has 0 atom stereocenters. The molecule has 6 heteroatoms. The van der Waals surface area contributed by atoms with Crippen molar-refractivity contribution in [3.05, 3.63) is 28.3 Å². The molecule has 0 unspecified atom stereocenters. The molecule has 0 fully saturated rings. The number of hydrogen-bond donors (Lipinski definition) is 1. The van der Waals surface area contributed by atoms with Gasteiger partial charge in [-0.2, -0.15) is 5.10 Å². The molecule has 0 spiro atoms. The third-order valence-corrected chi connectivity index (χ3v) is 2.30. The molecule has 1 N–H and O–H groups in total. The Kier molecular flexibility index (Phi) is 1.85. The summed E-state index contributed by atoms with van der Waals surface area (Å²) >= 11 is 0. The summed E-state index contributed by atoms with van der Waals surface area (Å²) in [4.78, 5) is 22.6. The van der Waals surface area contributed by atoms with Crippen molar-refractivity contribution in [2.45, 2.75) is 0 Å². The molecule has 6 nitrogen and oxygen atoms in total. The molecule has 15 heavy (non-hydrogen) atoms. The van der Waals surface area contributed by atoms with E-state index in [1.54, 1.807) is 7.05 Å². The lowest BCUT2D eigenvalue weighted by Crippen LogP contribution is -2.18. The minimum atomic E-state index is -1.07. The summed E-state index contributed by atoms with van der Waals surface area (Å²) in [6.45, 7) is 0. The number of aryl methyl sites for hydroxylation is 2. The first-order valence-electron chi connectivity index (χ1n) is 4.27. The number of nitrogens with zero attached hydrogens (tertiary/aromatic N) is 3. The van der Waals surface area contributed by atoms with E-state index in [4.69, 9.17) is 5.11 Å². The topological polar surface area (TPSA) is 77.1 Å². The van der Waals surface area contributed by atoms with Gasteiger partial charge in [-0.1, -0.05) is 0 Å². The first-order valence-corrected chi connectivity index (χ1v) is 4.27. The second kappa shape index (κ2) is 2.94. The lowest BCUT2D eigenvalue weighted by Gasteiger charge is -2.03. The van der Waals surface area contributed by atoms with Gasteiger partial charge in [0.15, 0.2) is 0 Å². The molecular formula is C9H9N3O3. The number of carbonyl (C=O) groups is 1. The van der Waals surface area contributed by atoms with Crippen molar-refractivity contribution in [1.29, 1.82) is 0 Å². The number of hydrogen-bond acceptors (Lipinski definition) is 3. The van der Waals surface area contributed by atoms with Crippen LogP contribution in [0.2, 0.25) is 0 Å². The summed E-state index contributed by atoms with van der Waals surface area (Å²) in [7, 11) is 3.12.